The van der Waals surface area contributed by atoms with Crippen molar-refractivity contribution in [2.24, 2.45) is 11.7 Å². The summed E-state index contributed by atoms with van der Waals surface area (Å²) in [5.74, 6) is -1.38. The molecule has 7 heteroatoms. The molecule has 0 fully saturated rings. The Morgan fingerprint density at radius 3 is 2.19 bits per heavy atom. The lowest BCUT2D eigenvalue weighted by molar-refractivity contribution is -0.145. The van der Waals surface area contributed by atoms with Crippen LogP contribution in [0.5, 0.6) is 0 Å². The van der Waals surface area contributed by atoms with Crippen molar-refractivity contribution < 1.29 is 19.1 Å². The largest absolute Gasteiger partial charge is 0.467 e. The number of carbonyl (C=O) groups is 3. The lowest BCUT2D eigenvalue weighted by Crippen LogP contribution is -2.53. The third-order valence-electron chi connectivity index (χ3n) is 4.19. The predicted octanol–water partition coefficient (Wildman–Crippen LogP) is 1.16. The summed E-state index contributed by atoms with van der Waals surface area (Å²) < 4.78 is 4.79. The SMILES string of the molecule is COC(=O)[C@H](CCCCN)NC(=O)[C@H](Cc1ccccc1)NC(=O)C(C)C. The van der Waals surface area contributed by atoms with Crippen LogP contribution in [-0.2, 0) is 25.5 Å². The number of hydrogen-bond acceptors (Lipinski definition) is 5. The average molecular weight is 377 g/mol. The minimum Gasteiger partial charge on any atom is -0.467 e. The third-order valence-corrected chi connectivity index (χ3v) is 4.19. The molecule has 0 spiro atoms. The topological polar surface area (TPSA) is 111 Å². The quantitative estimate of drug-likeness (QED) is 0.396. The lowest BCUT2D eigenvalue weighted by atomic mass is 10.0. The van der Waals surface area contributed by atoms with Gasteiger partial charge in [-0.2, -0.15) is 0 Å². The fourth-order valence-corrected chi connectivity index (χ4v) is 2.55. The molecular formula is C20H31N3O4. The van der Waals surface area contributed by atoms with Crippen LogP contribution >= 0.6 is 0 Å². The standard InChI is InChI=1S/C20H31N3O4/c1-14(2)18(24)23-17(13-15-9-5-4-6-10-15)19(25)22-16(20(26)27-3)11-7-8-12-21/h4-6,9-10,14,16-17H,7-8,11-13,21H2,1-3H3,(H,22,25)(H,23,24)/t16-,17-/m0/s1. The van der Waals surface area contributed by atoms with Gasteiger partial charge in [0.15, 0.2) is 0 Å². The molecule has 0 bridgehead atoms. The molecule has 0 unspecified atom stereocenters. The van der Waals surface area contributed by atoms with Crippen molar-refractivity contribution >= 4 is 17.8 Å². The van der Waals surface area contributed by atoms with Crippen molar-refractivity contribution in [3.05, 3.63) is 35.9 Å². The molecule has 27 heavy (non-hydrogen) atoms. The number of methoxy groups -OCH3 is 1. The van der Waals surface area contributed by atoms with Crippen LogP contribution in [0.25, 0.3) is 0 Å². The highest BCUT2D eigenvalue weighted by Gasteiger charge is 2.27. The minimum absolute atomic E-state index is 0.219. The zero-order valence-electron chi connectivity index (χ0n) is 16.4. The van der Waals surface area contributed by atoms with E-state index in [4.69, 9.17) is 10.5 Å². The number of unbranched alkanes of at least 4 members (excludes halogenated alkanes) is 1. The first-order valence-corrected chi connectivity index (χ1v) is 9.31. The van der Waals surface area contributed by atoms with E-state index in [-0.39, 0.29) is 11.8 Å². The summed E-state index contributed by atoms with van der Waals surface area (Å²) in [5.41, 5.74) is 6.41. The van der Waals surface area contributed by atoms with Gasteiger partial charge in [0, 0.05) is 12.3 Å². The number of ether oxygens (including phenoxy) is 1. The summed E-state index contributed by atoms with van der Waals surface area (Å²) >= 11 is 0. The number of benzene rings is 1. The predicted molar refractivity (Wildman–Crippen MR) is 104 cm³/mol. The number of amides is 2. The van der Waals surface area contributed by atoms with Gasteiger partial charge in [0.1, 0.15) is 12.1 Å². The van der Waals surface area contributed by atoms with Gasteiger partial charge in [0.2, 0.25) is 11.8 Å². The minimum atomic E-state index is -0.774. The van der Waals surface area contributed by atoms with Crippen LogP contribution in [0.1, 0.15) is 38.7 Å². The number of esters is 1. The Balaban J connectivity index is 2.88. The summed E-state index contributed by atoms with van der Waals surface area (Å²) in [6, 6.07) is 7.88. The van der Waals surface area contributed by atoms with E-state index < -0.39 is 24.0 Å². The molecule has 2 atom stereocenters. The van der Waals surface area contributed by atoms with Crippen LogP contribution < -0.4 is 16.4 Å². The highest BCUT2D eigenvalue weighted by Crippen LogP contribution is 2.07. The molecule has 0 saturated carbocycles. The molecule has 0 aromatic heterocycles. The molecule has 1 rings (SSSR count). The van der Waals surface area contributed by atoms with Crippen LogP contribution in [0.2, 0.25) is 0 Å². The van der Waals surface area contributed by atoms with Gasteiger partial charge in [0.25, 0.3) is 0 Å². The highest BCUT2D eigenvalue weighted by molar-refractivity contribution is 5.91. The summed E-state index contributed by atoms with van der Waals surface area (Å²) in [6.45, 7) is 4.04. The molecule has 2 amide bonds. The number of nitrogens with two attached hydrogens (primary N) is 1. The van der Waals surface area contributed by atoms with Crippen LogP contribution in [0.3, 0.4) is 0 Å². The van der Waals surface area contributed by atoms with E-state index in [2.05, 4.69) is 10.6 Å². The van der Waals surface area contributed by atoms with Gasteiger partial charge in [-0.3, -0.25) is 9.59 Å². The summed E-state index contributed by atoms with van der Waals surface area (Å²) in [6.07, 6.45) is 2.22. The molecule has 0 aliphatic rings. The van der Waals surface area contributed by atoms with Crippen molar-refractivity contribution in [1.29, 1.82) is 0 Å². The second-order valence-electron chi connectivity index (χ2n) is 6.77. The molecule has 1 aromatic rings. The number of carbonyl (C=O) groups excluding carboxylic acids is 3. The molecule has 1 aromatic carbocycles. The third kappa shape index (κ3) is 8.21. The van der Waals surface area contributed by atoms with Gasteiger partial charge in [0.05, 0.1) is 7.11 Å². The molecule has 150 valence electrons. The zero-order valence-corrected chi connectivity index (χ0v) is 16.4. The van der Waals surface area contributed by atoms with Crippen LogP contribution in [0.4, 0.5) is 0 Å². The summed E-state index contributed by atoms with van der Waals surface area (Å²) in [7, 11) is 1.28. The molecule has 0 radical (unpaired) electrons. The van der Waals surface area contributed by atoms with Crippen molar-refractivity contribution in [3.63, 3.8) is 0 Å². The number of nitrogens with one attached hydrogen (secondary N) is 2. The van der Waals surface area contributed by atoms with Crippen molar-refractivity contribution in [2.45, 2.75) is 51.6 Å². The van der Waals surface area contributed by atoms with Crippen molar-refractivity contribution in [3.8, 4) is 0 Å². The van der Waals surface area contributed by atoms with E-state index in [0.29, 0.717) is 25.8 Å². The molecule has 0 aliphatic carbocycles. The Morgan fingerprint density at radius 1 is 1.00 bits per heavy atom. The molecule has 0 heterocycles. The maximum absolute atomic E-state index is 12.8. The van der Waals surface area contributed by atoms with Crippen LogP contribution in [-0.4, -0.2) is 43.5 Å². The van der Waals surface area contributed by atoms with Gasteiger partial charge in [-0.25, -0.2) is 4.79 Å². The smallest absolute Gasteiger partial charge is 0.328 e. The Hall–Kier alpha value is -2.41. The fourth-order valence-electron chi connectivity index (χ4n) is 2.55. The summed E-state index contributed by atoms with van der Waals surface area (Å²) in [4.78, 5) is 36.9. The molecule has 7 nitrogen and oxygen atoms in total. The second-order valence-corrected chi connectivity index (χ2v) is 6.77. The first kappa shape index (κ1) is 22.6. The molecule has 0 aliphatic heterocycles. The Labute approximate surface area is 161 Å². The second kappa shape index (κ2) is 12.1. The summed E-state index contributed by atoms with van der Waals surface area (Å²) in [5, 5.41) is 5.49. The molecule has 4 N–H and O–H groups in total. The van der Waals surface area contributed by atoms with E-state index in [0.717, 1.165) is 12.0 Å². The van der Waals surface area contributed by atoms with E-state index in [9.17, 15) is 14.4 Å². The normalized spacial score (nSPS) is 12.9. The Morgan fingerprint density at radius 2 is 1.63 bits per heavy atom. The van der Waals surface area contributed by atoms with Gasteiger partial charge >= 0.3 is 5.97 Å². The first-order valence-electron chi connectivity index (χ1n) is 9.31. The van der Waals surface area contributed by atoms with Crippen LogP contribution in [0.15, 0.2) is 30.3 Å². The average Bonchev–Trinajstić information content (AvgIpc) is 2.66. The Bertz CT molecular complexity index is 605. The molecule has 0 saturated heterocycles. The Kier molecular flexibility index (Phi) is 10.1. The van der Waals surface area contributed by atoms with Crippen molar-refractivity contribution in [2.75, 3.05) is 13.7 Å². The van der Waals surface area contributed by atoms with E-state index in [1.54, 1.807) is 13.8 Å². The maximum Gasteiger partial charge on any atom is 0.328 e. The monoisotopic (exact) mass is 377 g/mol. The molecular weight excluding hydrogens is 346 g/mol. The zero-order chi connectivity index (χ0) is 20.2. The van der Waals surface area contributed by atoms with Crippen molar-refractivity contribution in [1.82, 2.24) is 10.6 Å². The lowest BCUT2D eigenvalue weighted by Gasteiger charge is -2.23. The van der Waals surface area contributed by atoms with E-state index >= 15 is 0 Å². The number of hydrogen-bond donors (Lipinski definition) is 3. The van der Waals surface area contributed by atoms with E-state index in [1.807, 2.05) is 30.3 Å². The van der Waals surface area contributed by atoms with E-state index in [1.165, 1.54) is 7.11 Å². The maximum atomic E-state index is 12.8. The van der Waals surface area contributed by atoms with Gasteiger partial charge < -0.3 is 21.1 Å². The number of rotatable bonds is 11. The van der Waals surface area contributed by atoms with Crippen LogP contribution in [0, 0.1) is 5.92 Å². The van der Waals surface area contributed by atoms with Gasteiger partial charge in [-0.15, -0.1) is 0 Å². The highest BCUT2D eigenvalue weighted by atomic mass is 16.5. The first-order chi connectivity index (χ1) is 12.9. The fraction of sp³-hybridized carbons (Fsp3) is 0.550. The van der Waals surface area contributed by atoms with Gasteiger partial charge in [-0.05, 0) is 31.4 Å². The van der Waals surface area contributed by atoms with Gasteiger partial charge in [-0.1, -0.05) is 44.2 Å².